The van der Waals surface area contributed by atoms with E-state index in [0.29, 0.717) is 0 Å². The summed E-state index contributed by atoms with van der Waals surface area (Å²) in [4.78, 5) is 0. The molecule has 0 radical (unpaired) electrons. The van der Waals surface area contributed by atoms with E-state index < -0.39 is 0 Å². The van der Waals surface area contributed by atoms with Crippen LogP contribution in [-0.2, 0) is 0 Å². The van der Waals surface area contributed by atoms with Crippen LogP contribution in [0.15, 0.2) is 40.8 Å². The van der Waals surface area contributed by atoms with E-state index in [2.05, 4.69) is 15.9 Å². The first-order valence-electron chi connectivity index (χ1n) is 3.82. The van der Waals surface area contributed by atoms with Gasteiger partial charge in [-0.25, -0.2) is 0 Å². The van der Waals surface area contributed by atoms with Gasteiger partial charge in [-0.3, -0.25) is 10.4 Å². The molecule has 1 N–H and O–H groups in total. The molecule has 1 aromatic carbocycles. The molecule has 1 unspecified atom stereocenters. The van der Waals surface area contributed by atoms with E-state index >= 15 is 0 Å². The van der Waals surface area contributed by atoms with Crippen LogP contribution >= 0.6 is 0 Å². The predicted molar refractivity (Wildman–Crippen MR) is 44.9 cm³/mol. The highest BCUT2D eigenvalue weighted by atomic mass is 15.7. The molecule has 0 aromatic heterocycles. The van der Waals surface area contributed by atoms with Crippen molar-refractivity contribution >= 4 is 0 Å². The summed E-state index contributed by atoms with van der Waals surface area (Å²) in [6.45, 7) is 0. The molecule has 62 valence electrons. The first-order valence-corrected chi connectivity index (χ1v) is 3.82. The summed E-state index contributed by atoms with van der Waals surface area (Å²) in [5.74, 6) is 0. The fourth-order valence-electron chi connectivity index (χ4n) is 1.21. The highest BCUT2D eigenvalue weighted by Gasteiger charge is 2.18. The number of hydrogen-bond acceptors (Lipinski definition) is 4. The van der Waals surface area contributed by atoms with Gasteiger partial charge >= 0.3 is 0 Å². The molecular formula is C8H10N4. The van der Waals surface area contributed by atoms with Crippen molar-refractivity contribution in [2.24, 2.45) is 10.4 Å². The molecule has 0 aliphatic carbocycles. The van der Waals surface area contributed by atoms with Gasteiger partial charge in [0.1, 0.15) is 0 Å². The molecule has 12 heavy (non-hydrogen) atoms. The second-order valence-electron chi connectivity index (χ2n) is 2.71. The van der Waals surface area contributed by atoms with Crippen LogP contribution in [0.4, 0.5) is 0 Å². The van der Waals surface area contributed by atoms with Crippen molar-refractivity contribution in [3.63, 3.8) is 0 Å². The van der Waals surface area contributed by atoms with Gasteiger partial charge in [-0.05, 0) is 5.56 Å². The van der Waals surface area contributed by atoms with Crippen molar-refractivity contribution < 1.29 is 0 Å². The highest BCUT2D eigenvalue weighted by Crippen LogP contribution is 2.19. The van der Waals surface area contributed by atoms with Gasteiger partial charge in [-0.1, -0.05) is 40.8 Å². The lowest BCUT2D eigenvalue weighted by molar-refractivity contribution is 0.271. The number of nitrogens with zero attached hydrogens (tertiary/aromatic N) is 3. The number of nitrogens with one attached hydrogen (secondary N) is 1. The standard InChI is InChI=1S/C8H10N4/c1-12-8(9-10-11-12)7-5-3-2-4-6-7/h2-6,8H,1H3,(H,9,11). The van der Waals surface area contributed by atoms with Crippen LogP contribution in [0, 0.1) is 0 Å². The van der Waals surface area contributed by atoms with Crippen LogP contribution < -0.4 is 5.43 Å². The van der Waals surface area contributed by atoms with Gasteiger partial charge in [0.15, 0.2) is 6.17 Å². The fraction of sp³-hybridized carbons (Fsp3) is 0.250. The molecule has 1 aromatic rings. The Morgan fingerprint density at radius 2 is 2.08 bits per heavy atom. The topological polar surface area (TPSA) is 40.0 Å². The zero-order valence-corrected chi connectivity index (χ0v) is 6.81. The predicted octanol–water partition coefficient (Wildman–Crippen LogP) is 1.50. The molecule has 2 rings (SSSR count). The molecule has 1 heterocycles. The average Bonchev–Trinajstić information content (AvgIpc) is 2.53. The van der Waals surface area contributed by atoms with Gasteiger partial charge < -0.3 is 0 Å². The van der Waals surface area contributed by atoms with Crippen LogP contribution in [0.1, 0.15) is 11.7 Å². The molecular weight excluding hydrogens is 152 g/mol. The fourth-order valence-corrected chi connectivity index (χ4v) is 1.21. The summed E-state index contributed by atoms with van der Waals surface area (Å²) >= 11 is 0. The summed E-state index contributed by atoms with van der Waals surface area (Å²) < 4.78 is 0. The van der Waals surface area contributed by atoms with Gasteiger partial charge in [0.05, 0.1) is 0 Å². The Hall–Kier alpha value is -1.58. The minimum absolute atomic E-state index is 0.0891. The Morgan fingerprint density at radius 1 is 1.33 bits per heavy atom. The van der Waals surface area contributed by atoms with E-state index in [1.54, 1.807) is 5.01 Å². The number of benzene rings is 1. The summed E-state index contributed by atoms with van der Waals surface area (Å²) in [6.07, 6.45) is 0.0891. The maximum Gasteiger partial charge on any atom is 0.160 e. The van der Waals surface area contributed by atoms with Crippen LogP contribution in [0.5, 0.6) is 0 Å². The minimum Gasteiger partial charge on any atom is -0.262 e. The van der Waals surface area contributed by atoms with Gasteiger partial charge in [-0.2, -0.15) is 0 Å². The van der Waals surface area contributed by atoms with Gasteiger partial charge in [-0.15, -0.1) is 0 Å². The van der Waals surface area contributed by atoms with E-state index in [4.69, 9.17) is 0 Å². The van der Waals surface area contributed by atoms with E-state index in [1.807, 2.05) is 37.4 Å². The lowest BCUT2D eigenvalue weighted by Crippen LogP contribution is -2.22. The normalized spacial score (nSPS) is 21.1. The van der Waals surface area contributed by atoms with Crippen molar-refractivity contribution in [3.8, 4) is 0 Å². The highest BCUT2D eigenvalue weighted by molar-refractivity contribution is 5.18. The summed E-state index contributed by atoms with van der Waals surface area (Å²) in [6, 6.07) is 10.1. The van der Waals surface area contributed by atoms with Crippen molar-refractivity contribution in [1.29, 1.82) is 0 Å². The minimum atomic E-state index is 0.0891. The van der Waals surface area contributed by atoms with E-state index in [-0.39, 0.29) is 6.17 Å². The second kappa shape index (κ2) is 2.81. The molecule has 0 amide bonds. The SMILES string of the molecule is CN1N=NNC1c1ccccc1. The maximum atomic E-state index is 3.84. The Labute approximate surface area is 70.9 Å². The Morgan fingerprint density at radius 3 is 2.67 bits per heavy atom. The van der Waals surface area contributed by atoms with E-state index in [0.717, 1.165) is 0 Å². The molecule has 1 atom stereocenters. The van der Waals surface area contributed by atoms with E-state index in [9.17, 15) is 0 Å². The first kappa shape index (κ1) is 7.09. The van der Waals surface area contributed by atoms with Crippen LogP contribution in [-0.4, -0.2) is 12.1 Å². The largest absolute Gasteiger partial charge is 0.262 e. The van der Waals surface area contributed by atoms with Gasteiger partial charge in [0.25, 0.3) is 0 Å². The molecule has 0 saturated carbocycles. The monoisotopic (exact) mass is 162 g/mol. The zero-order valence-electron chi connectivity index (χ0n) is 6.81. The average molecular weight is 162 g/mol. The lowest BCUT2D eigenvalue weighted by atomic mass is 10.2. The molecule has 1 aliphatic rings. The molecule has 0 fully saturated rings. The number of rotatable bonds is 1. The van der Waals surface area contributed by atoms with Gasteiger partial charge in [0, 0.05) is 7.05 Å². The van der Waals surface area contributed by atoms with E-state index in [1.165, 1.54) is 5.56 Å². The summed E-state index contributed by atoms with van der Waals surface area (Å²) in [5.41, 5.74) is 4.08. The summed E-state index contributed by atoms with van der Waals surface area (Å²) in [7, 11) is 1.89. The summed E-state index contributed by atoms with van der Waals surface area (Å²) in [5, 5.41) is 9.35. The van der Waals surface area contributed by atoms with Crippen molar-refractivity contribution in [3.05, 3.63) is 35.9 Å². The second-order valence-corrected chi connectivity index (χ2v) is 2.71. The first-order chi connectivity index (χ1) is 5.88. The van der Waals surface area contributed by atoms with Gasteiger partial charge in [0.2, 0.25) is 0 Å². The smallest absolute Gasteiger partial charge is 0.160 e. The third kappa shape index (κ3) is 1.11. The third-order valence-corrected chi connectivity index (χ3v) is 1.85. The van der Waals surface area contributed by atoms with Crippen molar-refractivity contribution in [2.45, 2.75) is 6.17 Å². The molecule has 1 aliphatic heterocycles. The third-order valence-electron chi connectivity index (χ3n) is 1.85. The van der Waals surface area contributed by atoms with Crippen LogP contribution in [0.3, 0.4) is 0 Å². The number of hydrogen-bond donors (Lipinski definition) is 1. The van der Waals surface area contributed by atoms with Crippen molar-refractivity contribution in [1.82, 2.24) is 10.4 Å². The van der Waals surface area contributed by atoms with Crippen LogP contribution in [0.25, 0.3) is 0 Å². The molecule has 0 spiro atoms. The van der Waals surface area contributed by atoms with Crippen molar-refractivity contribution in [2.75, 3.05) is 7.05 Å². The Bertz CT molecular complexity index is 282. The maximum absolute atomic E-state index is 3.84. The molecule has 0 saturated heterocycles. The molecule has 4 heteroatoms. The lowest BCUT2D eigenvalue weighted by Gasteiger charge is -2.16. The molecule has 0 bridgehead atoms. The molecule has 4 nitrogen and oxygen atoms in total. The Balaban J connectivity index is 2.22. The van der Waals surface area contributed by atoms with Crippen LogP contribution in [0.2, 0.25) is 0 Å². The Kier molecular flexibility index (Phi) is 1.66. The quantitative estimate of drug-likeness (QED) is 0.679. The zero-order chi connectivity index (χ0) is 8.39.